The fourth-order valence-electron chi connectivity index (χ4n) is 1.33. The number of halogens is 1. The molecule has 0 saturated heterocycles. The van der Waals surface area contributed by atoms with Gasteiger partial charge in [0, 0.05) is 0 Å². The molecule has 0 amide bonds. The van der Waals surface area contributed by atoms with E-state index in [9.17, 15) is 0 Å². The molecule has 0 saturated carbocycles. The molecule has 0 aromatic carbocycles. The van der Waals surface area contributed by atoms with Crippen LogP contribution in [0, 0.1) is 22.1 Å². The summed E-state index contributed by atoms with van der Waals surface area (Å²) in [7, 11) is -4.69. The van der Waals surface area contributed by atoms with Crippen molar-refractivity contribution in [2.24, 2.45) is 11.8 Å². The van der Waals surface area contributed by atoms with Gasteiger partial charge in [0.15, 0.2) is 0 Å². The van der Waals surface area contributed by atoms with Crippen molar-refractivity contribution in [2.45, 2.75) is 6.42 Å². The van der Waals surface area contributed by atoms with E-state index < -0.39 is 10.2 Å². The molecule has 12 heavy (non-hydrogen) atoms. The smallest absolute Gasteiger partial charge is 0.0777 e. The lowest BCUT2D eigenvalue weighted by molar-refractivity contribution is -1.92. The van der Waals surface area contributed by atoms with E-state index in [2.05, 4.69) is 24.3 Å². The van der Waals surface area contributed by atoms with E-state index >= 15 is 0 Å². The van der Waals surface area contributed by atoms with Crippen LogP contribution >= 0.6 is 0 Å². The van der Waals surface area contributed by atoms with Crippen LogP contribution < -0.4 is 14.0 Å². The van der Waals surface area contributed by atoms with Gasteiger partial charge >= 0.3 is 0 Å². The molecule has 0 aromatic rings. The van der Waals surface area contributed by atoms with Gasteiger partial charge in [-0.3, -0.25) is 0 Å². The predicted molar refractivity (Wildman–Crippen MR) is 32.1 cm³/mol. The van der Waals surface area contributed by atoms with Gasteiger partial charge in [-0.15, -0.1) is 0 Å². The monoisotopic (exact) mass is 192 g/mol. The van der Waals surface area contributed by atoms with E-state index in [-0.39, 0.29) is 0 Å². The molecule has 0 heterocycles. The van der Waals surface area contributed by atoms with Crippen molar-refractivity contribution < 1.29 is 28.9 Å². The van der Waals surface area contributed by atoms with Crippen molar-refractivity contribution in [3.05, 3.63) is 24.3 Å². The quantitative estimate of drug-likeness (QED) is 0.434. The van der Waals surface area contributed by atoms with Crippen LogP contribution in [-0.2, 0) is 0 Å². The van der Waals surface area contributed by atoms with Crippen LogP contribution in [0.4, 0.5) is 0 Å². The van der Waals surface area contributed by atoms with Gasteiger partial charge in [-0.05, 0) is 18.3 Å². The topological polar surface area (TPSA) is 89.4 Å². The second-order valence-electron chi connectivity index (χ2n) is 2.73. The van der Waals surface area contributed by atoms with Gasteiger partial charge in [0.05, 0.1) is 14.9 Å². The van der Waals surface area contributed by atoms with Crippen molar-refractivity contribution in [3.8, 4) is 0 Å². The van der Waals surface area contributed by atoms with Crippen molar-refractivity contribution >= 4 is 0 Å². The van der Waals surface area contributed by atoms with Gasteiger partial charge in [0.25, 0.3) is 0 Å². The number of hydrogen-bond donors (Lipinski definition) is 1. The fourth-order valence-corrected chi connectivity index (χ4v) is 1.33. The molecule has 0 spiro atoms. The van der Waals surface area contributed by atoms with Gasteiger partial charge in [-0.2, -0.15) is 14.0 Å². The zero-order valence-corrected chi connectivity index (χ0v) is 6.98. The molecule has 0 unspecified atom stereocenters. The third-order valence-corrected chi connectivity index (χ3v) is 1.76. The summed E-state index contributed by atoms with van der Waals surface area (Å²) in [6, 6.07) is 0. The summed E-state index contributed by atoms with van der Waals surface area (Å²) >= 11 is 0. The molecule has 2 rings (SSSR count). The molecular weight excluding hydrogens is 184 g/mol. The van der Waals surface area contributed by atoms with Gasteiger partial charge in [-0.1, -0.05) is 24.3 Å². The lowest BCUT2D eigenvalue weighted by Crippen LogP contribution is -2.58. The molecule has 0 fully saturated rings. The molecule has 0 aromatic heterocycles. The molecule has 0 aliphatic heterocycles. The maximum Gasteiger partial charge on any atom is 0.0777 e. The minimum atomic E-state index is -4.69. The van der Waals surface area contributed by atoms with Gasteiger partial charge < -0.3 is 0 Å². The third kappa shape index (κ3) is 3.85. The van der Waals surface area contributed by atoms with E-state index in [1.165, 1.54) is 6.42 Å². The Labute approximate surface area is 72.2 Å². The van der Waals surface area contributed by atoms with Gasteiger partial charge in [-0.25, -0.2) is 0 Å². The lowest BCUT2D eigenvalue weighted by Gasteiger charge is -2.03. The number of fused-ring (bicyclic) bond motifs is 2. The Hall–Kier alpha value is -0.390. The van der Waals surface area contributed by atoms with Crippen LogP contribution in [0.5, 0.6) is 0 Å². The first-order valence-electron chi connectivity index (χ1n) is 3.45. The Kier molecular flexibility index (Phi) is 2.87. The van der Waals surface area contributed by atoms with E-state index in [4.69, 9.17) is 18.6 Å². The van der Waals surface area contributed by atoms with Crippen LogP contribution in [-0.4, -0.2) is 4.66 Å². The summed E-state index contributed by atoms with van der Waals surface area (Å²) in [6.07, 6.45) is 10.5. The molecule has 1 N–H and O–H groups in total. The van der Waals surface area contributed by atoms with Crippen LogP contribution in [0.2, 0.25) is 0 Å². The van der Waals surface area contributed by atoms with E-state index in [1.54, 1.807) is 0 Å². The SMILES string of the molecule is C1=CC2C=CC1C2.[O-][Cl+3]([O-])([O-])O. The summed E-state index contributed by atoms with van der Waals surface area (Å²) < 4.78 is 32.7. The van der Waals surface area contributed by atoms with E-state index in [0.717, 1.165) is 11.8 Å². The normalized spacial score (nSPS) is 30.3. The highest BCUT2D eigenvalue weighted by Gasteiger charge is 2.19. The zero-order chi connectivity index (χ0) is 9.19. The molecular formula is C7H9ClO4. The zero-order valence-electron chi connectivity index (χ0n) is 6.22. The molecule has 68 valence electrons. The summed E-state index contributed by atoms with van der Waals surface area (Å²) in [5.74, 6) is 1.62. The molecule has 2 bridgehead atoms. The van der Waals surface area contributed by atoms with E-state index in [0.29, 0.717) is 0 Å². The predicted octanol–water partition coefficient (Wildman–Crippen LogP) is -2.38. The first-order chi connectivity index (χ1) is 5.45. The Morgan fingerprint density at radius 3 is 1.33 bits per heavy atom. The van der Waals surface area contributed by atoms with Crippen LogP contribution in [0.1, 0.15) is 6.42 Å². The first-order valence-corrected chi connectivity index (χ1v) is 4.71. The summed E-state index contributed by atoms with van der Waals surface area (Å²) in [5.41, 5.74) is 0. The van der Waals surface area contributed by atoms with Crippen molar-refractivity contribution in [3.63, 3.8) is 0 Å². The van der Waals surface area contributed by atoms with Gasteiger partial charge in [0.2, 0.25) is 0 Å². The number of rotatable bonds is 0. The standard InChI is InChI=1S/C7H8.ClHO4/c1-2-7-4-3-6(1)5-7;2-1(3,4)5/h1-4,6-7H,5H2;(H,2,3,4,5). The van der Waals surface area contributed by atoms with Crippen molar-refractivity contribution in [2.75, 3.05) is 0 Å². The highest BCUT2D eigenvalue weighted by molar-refractivity contribution is 5.21. The molecule has 2 aliphatic rings. The Bertz CT molecular complexity index is 172. The highest BCUT2D eigenvalue weighted by atomic mass is 35.7. The second kappa shape index (κ2) is 3.55. The lowest BCUT2D eigenvalue weighted by atomic mass is 10.2. The van der Waals surface area contributed by atoms with Crippen LogP contribution in [0.3, 0.4) is 0 Å². The Morgan fingerprint density at radius 1 is 1.00 bits per heavy atom. The summed E-state index contributed by atoms with van der Waals surface area (Å²) in [4.78, 5) is 0. The maximum atomic E-state index is 8.60. The molecule has 2 aliphatic carbocycles. The molecule has 4 nitrogen and oxygen atoms in total. The number of allylic oxidation sites excluding steroid dienone is 4. The van der Waals surface area contributed by atoms with Crippen LogP contribution in [0.25, 0.3) is 0 Å². The average molecular weight is 193 g/mol. The van der Waals surface area contributed by atoms with Gasteiger partial charge in [0.1, 0.15) is 0 Å². The fraction of sp³-hybridized carbons (Fsp3) is 0.429. The number of hydrogen-bond acceptors (Lipinski definition) is 4. The highest BCUT2D eigenvalue weighted by Crippen LogP contribution is 2.31. The van der Waals surface area contributed by atoms with Crippen molar-refractivity contribution in [1.29, 1.82) is 0 Å². The maximum absolute atomic E-state index is 8.60. The minimum absolute atomic E-state index is 0.810. The Morgan fingerprint density at radius 2 is 1.25 bits per heavy atom. The van der Waals surface area contributed by atoms with E-state index in [1.807, 2.05) is 0 Å². The largest absolute Gasteiger partial charge is 0.183 e. The summed E-state index contributed by atoms with van der Waals surface area (Å²) in [5, 5.41) is 0. The van der Waals surface area contributed by atoms with Crippen molar-refractivity contribution in [1.82, 2.24) is 0 Å². The second-order valence-corrected chi connectivity index (χ2v) is 3.52. The van der Waals surface area contributed by atoms with Crippen LogP contribution in [0.15, 0.2) is 24.3 Å². The third-order valence-electron chi connectivity index (χ3n) is 1.76. The molecule has 5 heteroatoms. The Balaban J connectivity index is 0.000000130. The summed E-state index contributed by atoms with van der Waals surface area (Å²) in [6.45, 7) is 0. The average Bonchev–Trinajstić information content (AvgIpc) is 2.42. The molecule has 0 radical (unpaired) electrons. The first kappa shape index (κ1) is 9.70. The minimum Gasteiger partial charge on any atom is -0.183 e. The molecule has 0 atom stereocenters.